The van der Waals surface area contributed by atoms with E-state index in [0.29, 0.717) is 43.1 Å². The summed E-state index contributed by atoms with van der Waals surface area (Å²) in [5, 5.41) is 8.63. The first-order chi connectivity index (χ1) is 20.8. The molecule has 0 spiro atoms. The fraction of sp³-hybridized carbons (Fsp3) is 0.429. The molecule has 4 N–H and O–H groups in total. The molecule has 0 saturated carbocycles. The number of nitrogens with two attached hydrogens (primary N) is 2. The average molecular weight is 593 g/mol. The summed E-state index contributed by atoms with van der Waals surface area (Å²) < 4.78 is 26.2. The Kier molecular flexibility index (Phi) is 8.59. The Hall–Kier alpha value is -4.95. The van der Waals surface area contributed by atoms with Crippen LogP contribution in [0.5, 0.6) is 0 Å². The number of hydrogen-bond acceptors (Lipinski definition) is 12. The molecule has 0 atom stereocenters. The van der Waals surface area contributed by atoms with E-state index in [1.807, 2.05) is 6.92 Å². The van der Waals surface area contributed by atoms with Crippen molar-refractivity contribution >= 4 is 23.8 Å². The van der Waals surface area contributed by atoms with Crippen LogP contribution in [-0.2, 0) is 48.2 Å². The van der Waals surface area contributed by atoms with Crippen molar-refractivity contribution in [3.8, 4) is 22.8 Å². The molecular weight excluding hydrogens is 559 g/mol. The third-order valence-corrected chi connectivity index (χ3v) is 7.14. The van der Waals surface area contributed by atoms with E-state index >= 15 is 0 Å². The summed E-state index contributed by atoms with van der Waals surface area (Å²) in [5.41, 5.74) is 18.4. The first kappa shape index (κ1) is 29.5. The molecule has 15 heteroatoms. The van der Waals surface area contributed by atoms with Gasteiger partial charge in [-0.05, 0) is 57.6 Å². The lowest BCUT2D eigenvalue weighted by atomic mass is 9.93. The molecule has 4 aromatic heterocycles. The van der Waals surface area contributed by atoms with Crippen molar-refractivity contribution in [2.45, 2.75) is 59.5 Å². The van der Waals surface area contributed by atoms with Gasteiger partial charge in [0.15, 0.2) is 11.4 Å². The zero-order valence-electron chi connectivity index (χ0n) is 24.3. The molecule has 0 aliphatic heterocycles. The van der Waals surface area contributed by atoms with E-state index in [9.17, 15) is 14.0 Å². The number of ether oxygens (including phenoxy) is 2. The molecule has 2 aliphatic carbocycles. The maximum absolute atomic E-state index is 12.8. The van der Waals surface area contributed by atoms with Gasteiger partial charge in [0.25, 0.3) is 0 Å². The molecule has 0 radical (unpaired) electrons. The molecule has 0 unspecified atom stereocenters. The topological polar surface area (TPSA) is 192 Å². The van der Waals surface area contributed by atoms with Gasteiger partial charge < -0.3 is 20.9 Å². The Morgan fingerprint density at radius 1 is 0.791 bits per heavy atom. The van der Waals surface area contributed by atoms with Crippen molar-refractivity contribution in [3.63, 3.8) is 0 Å². The summed E-state index contributed by atoms with van der Waals surface area (Å²) >= 11 is 0. The highest BCUT2D eigenvalue weighted by atomic mass is 19.1. The molecule has 0 fully saturated rings. The first-order valence-electron chi connectivity index (χ1n) is 14.1. The number of halogens is 1. The van der Waals surface area contributed by atoms with Gasteiger partial charge in [-0.15, -0.1) is 0 Å². The highest BCUT2D eigenvalue weighted by Gasteiger charge is 2.31. The van der Waals surface area contributed by atoms with E-state index in [0.717, 1.165) is 46.5 Å². The molecule has 43 heavy (non-hydrogen) atoms. The lowest BCUT2D eigenvalue weighted by Gasteiger charge is -2.17. The van der Waals surface area contributed by atoms with E-state index < -0.39 is 12.6 Å². The van der Waals surface area contributed by atoms with Crippen LogP contribution in [0.3, 0.4) is 0 Å². The fourth-order valence-electron chi connectivity index (χ4n) is 5.34. The Morgan fingerprint density at radius 2 is 1.26 bits per heavy atom. The standard InChI is InChI=1S/C14H16FN5O2.C14H17N5O2/c1-2-22-13(21)11-9-4-3-8-7-17-14(16)18-10(8)12(9)20(19-11)6-5-15;1-3-19-12-9(11(18-19)13(20)21-4-2)6-5-8-7-16-14(15)17-10(8)12/h7H,2-6H2,1H3,(H2,16,17,18);7H,3-6H2,1-2H3,(H2,15,16,17). The third kappa shape index (κ3) is 5.61. The zero-order chi connectivity index (χ0) is 30.7. The van der Waals surface area contributed by atoms with Crippen LogP contribution in [0.1, 0.15) is 64.0 Å². The molecule has 2 aliphatic rings. The van der Waals surface area contributed by atoms with Gasteiger partial charge in [-0.25, -0.2) is 33.9 Å². The number of aromatic nitrogens is 8. The highest BCUT2D eigenvalue weighted by molar-refractivity contribution is 5.92. The normalized spacial score (nSPS) is 12.7. The van der Waals surface area contributed by atoms with Crippen molar-refractivity contribution in [2.24, 2.45) is 0 Å². The van der Waals surface area contributed by atoms with E-state index in [4.69, 9.17) is 20.9 Å². The highest BCUT2D eigenvalue weighted by Crippen LogP contribution is 2.35. The van der Waals surface area contributed by atoms with E-state index in [-0.39, 0.29) is 36.7 Å². The van der Waals surface area contributed by atoms with E-state index in [1.165, 1.54) is 4.68 Å². The van der Waals surface area contributed by atoms with Crippen molar-refractivity contribution < 1.29 is 23.5 Å². The Labute approximate surface area is 246 Å². The van der Waals surface area contributed by atoms with Crippen molar-refractivity contribution in [1.29, 1.82) is 0 Å². The molecular formula is C28H33FN10O4. The smallest absolute Gasteiger partial charge is 0.359 e. The SMILES string of the molecule is CCOC(=O)c1nn(CC)c2c1CCc1cnc(N)nc1-2.CCOC(=O)c1nn(CCF)c2c1CCc1cnc(N)nc1-2. The van der Waals surface area contributed by atoms with Crippen molar-refractivity contribution in [2.75, 3.05) is 31.4 Å². The maximum atomic E-state index is 12.8. The van der Waals surface area contributed by atoms with Crippen LogP contribution in [-0.4, -0.2) is 71.3 Å². The fourth-order valence-corrected chi connectivity index (χ4v) is 5.34. The molecule has 0 amide bonds. The Bertz CT molecular complexity index is 1680. The number of rotatable bonds is 7. The second-order valence-corrected chi connectivity index (χ2v) is 9.72. The molecule has 14 nitrogen and oxygen atoms in total. The van der Waals surface area contributed by atoms with Gasteiger partial charge in [-0.3, -0.25) is 9.36 Å². The second kappa shape index (κ2) is 12.5. The van der Waals surface area contributed by atoms with Crippen molar-refractivity contribution in [1.82, 2.24) is 39.5 Å². The summed E-state index contributed by atoms with van der Waals surface area (Å²) in [5.74, 6) is -0.520. The van der Waals surface area contributed by atoms with Crippen LogP contribution in [0.15, 0.2) is 12.4 Å². The first-order valence-corrected chi connectivity index (χ1v) is 14.1. The average Bonchev–Trinajstić information content (AvgIpc) is 3.57. The molecule has 6 rings (SSSR count). The van der Waals surface area contributed by atoms with Gasteiger partial charge in [0.1, 0.15) is 6.67 Å². The molecule has 226 valence electrons. The largest absolute Gasteiger partial charge is 0.461 e. The number of aryl methyl sites for hydroxylation is 4. The van der Waals surface area contributed by atoms with Crippen LogP contribution in [0.4, 0.5) is 16.3 Å². The predicted octanol–water partition coefficient (Wildman–Crippen LogP) is 2.38. The number of carbonyl (C=O) groups is 2. The van der Waals surface area contributed by atoms with Crippen LogP contribution >= 0.6 is 0 Å². The minimum Gasteiger partial charge on any atom is -0.461 e. The van der Waals surface area contributed by atoms with Gasteiger partial charge >= 0.3 is 11.9 Å². The number of esters is 2. The van der Waals surface area contributed by atoms with Crippen LogP contribution < -0.4 is 11.5 Å². The lowest BCUT2D eigenvalue weighted by molar-refractivity contribution is 0.0507. The van der Waals surface area contributed by atoms with E-state index in [1.54, 1.807) is 30.9 Å². The lowest BCUT2D eigenvalue weighted by Crippen LogP contribution is -2.13. The Morgan fingerprint density at radius 3 is 1.70 bits per heavy atom. The zero-order valence-corrected chi connectivity index (χ0v) is 24.3. The van der Waals surface area contributed by atoms with Gasteiger partial charge in [-0.1, -0.05) is 0 Å². The minimum absolute atomic E-state index is 0.0467. The number of alkyl halides is 1. The van der Waals surface area contributed by atoms with E-state index in [2.05, 4.69) is 30.1 Å². The Balaban J connectivity index is 0.000000171. The number of nitrogen functional groups attached to an aromatic ring is 2. The number of anilines is 2. The molecule has 0 aromatic carbocycles. The summed E-state index contributed by atoms with van der Waals surface area (Å²) in [6.45, 7) is 6.17. The minimum atomic E-state index is -0.591. The predicted molar refractivity (Wildman–Crippen MR) is 154 cm³/mol. The van der Waals surface area contributed by atoms with Gasteiger partial charge in [0, 0.05) is 30.1 Å². The molecule has 0 bridgehead atoms. The van der Waals surface area contributed by atoms with Gasteiger partial charge in [-0.2, -0.15) is 10.2 Å². The van der Waals surface area contributed by atoms with Gasteiger partial charge in [0.05, 0.1) is 42.5 Å². The summed E-state index contributed by atoms with van der Waals surface area (Å²) in [4.78, 5) is 40.7. The number of fused-ring (bicyclic) bond motifs is 6. The second-order valence-electron chi connectivity index (χ2n) is 9.72. The monoisotopic (exact) mass is 592 g/mol. The number of hydrogen-bond donors (Lipinski definition) is 2. The van der Waals surface area contributed by atoms with Crippen LogP contribution in [0.25, 0.3) is 22.8 Å². The van der Waals surface area contributed by atoms with Gasteiger partial charge in [0.2, 0.25) is 11.9 Å². The van der Waals surface area contributed by atoms with Crippen LogP contribution in [0, 0.1) is 0 Å². The maximum Gasteiger partial charge on any atom is 0.359 e. The number of nitrogens with zero attached hydrogens (tertiary/aromatic N) is 8. The summed E-state index contributed by atoms with van der Waals surface area (Å²) in [6.07, 6.45) is 6.19. The molecule has 0 saturated heterocycles. The van der Waals surface area contributed by atoms with Crippen molar-refractivity contribution in [3.05, 3.63) is 46.0 Å². The third-order valence-electron chi connectivity index (χ3n) is 7.14. The van der Waals surface area contributed by atoms with Crippen LogP contribution in [0.2, 0.25) is 0 Å². The summed E-state index contributed by atoms with van der Waals surface area (Å²) in [6, 6.07) is 0. The molecule has 4 aromatic rings. The molecule has 4 heterocycles. The summed E-state index contributed by atoms with van der Waals surface area (Å²) in [7, 11) is 0. The number of carbonyl (C=O) groups excluding carboxylic acids is 2. The quantitative estimate of drug-likeness (QED) is 0.298.